The minimum atomic E-state index is -4.78. The normalized spacial score (nSPS) is 20.1. The number of methoxy groups -OCH3 is 1. The number of hydrogen-bond acceptors (Lipinski definition) is 5. The highest BCUT2D eigenvalue weighted by Crippen LogP contribution is 2.43. The number of halogens is 5. The van der Waals surface area contributed by atoms with Crippen LogP contribution in [0, 0.1) is 5.82 Å². The molecule has 218 valence electrons. The highest BCUT2D eigenvalue weighted by Gasteiger charge is 2.54. The lowest BCUT2D eigenvalue weighted by Gasteiger charge is -2.41. The molecule has 0 radical (unpaired) electrons. The van der Waals surface area contributed by atoms with Gasteiger partial charge in [0, 0.05) is 23.2 Å². The molecule has 1 aliphatic heterocycles. The molecule has 2 aliphatic rings. The van der Waals surface area contributed by atoms with Crippen molar-refractivity contribution in [3.63, 3.8) is 0 Å². The molecular formula is C30H30ClF4N3O3. The fourth-order valence-corrected chi connectivity index (χ4v) is 4.83. The van der Waals surface area contributed by atoms with Crippen LogP contribution in [-0.4, -0.2) is 43.4 Å². The Morgan fingerprint density at radius 2 is 1.88 bits per heavy atom. The average Bonchev–Trinajstić information content (AvgIpc) is 3.75. The molecule has 1 aromatic heterocycles. The van der Waals surface area contributed by atoms with E-state index in [1.165, 1.54) is 37.4 Å². The number of nitrogens with one attached hydrogen (secondary N) is 2. The maximum Gasteiger partial charge on any atom is 0.401 e. The SMILES string of the molecule is COc1cc(C(=O)NCC(C)(c2cc([C@]3(C)CCN3)cc(-c3ccc(F)c(Cl)c3)n2)C(F)(F)F)ccc1OC1CC1. The molecule has 2 heterocycles. The van der Waals surface area contributed by atoms with E-state index in [1.807, 2.05) is 6.92 Å². The molecule has 0 bridgehead atoms. The molecule has 3 aromatic rings. The van der Waals surface area contributed by atoms with Gasteiger partial charge in [-0.3, -0.25) is 9.78 Å². The van der Waals surface area contributed by atoms with Crippen LogP contribution in [0.4, 0.5) is 17.6 Å². The van der Waals surface area contributed by atoms with Crippen LogP contribution in [0.25, 0.3) is 11.3 Å². The molecule has 2 aromatic carbocycles. The van der Waals surface area contributed by atoms with Crippen LogP contribution in [0.1, 0.15) is 54.7 Å². The Labute approximate surface area is 240 Å². The summed E-state index contributed by atoms with van der Waals surface area (Å²) in [4.78, 5) is 17.4. The number of pyridine rings is 1. The Morgan fingerprint density at radius 1 is 1.15 bits per heavy atom. The highest BCUT2D eigenvalue weighted by atomic mass is 35.5. The molecule has 1 saturated heterocycles. The van der Waals surface area contributed by atoms with Crippen molar-refractivity contribution in [2.24, 2.45) is 0 Å². The number of alkyl halides is 3. The van der Waals surface area contributed by atoms with Crippen LogP contribution in [0.3, 0.4) is 0 Å². The van der Waals surface area contributed by atoms with E-state index in [4.69, 9.17) is 21.1 Å². The fourth-order valence-electron chi connectivity index (χ4n) is 4.65. The number of benzene rings is 2. The highest BCUT2D eigenvalue weighted by molar-refractivity contribution is 6.31. The molecule has 1 saturated carbocycles. The Bertz CT molecular complexity index is 1470. The van der Waals surface area contributed by atoms with E-state index in [9.17, 15) is 22.4 Å². The summed E-state index contributed by atoms with van der Waals surface area (Å²) in [7, 11) is 1.43. The van der Waals surface area contributed by atoms with Gasteiger partial charge in [-0.25, -0.2) is 4.39 Å². The van der Waals surface area contributed by atoms with Gasteiger partial charge in [-0.1, -0.05) is 11.6 Å². The molecule has 2 fully saturated rings. The van der Waals surface area contributed by atoms with Crippen LogP contribution in [0.2, 0.25) is 5.02 Å². The minimum absolute atomic E-state index is 0.104. The number of carbonyl (C=O) groups is 1. The summed E-state index contributed by atoms with van der Waals surface area (Å²) >= 11 is 5.98. The summed E-state index contributed by atoms with van der Waals surface area (Å²) < 4.78 is 69.4. The lowest BCUT2D eigenvalue weighted by atomic mass is 9.78. The second kappa shape index (κ2) is 10.8. The molecule has 1 amide bonds. The standard InChI is InChI=1S/C30H30ClF4N3O3/c1-28(30(33,34)35,16-36-27(39)18-5-9-24(25(13-18)40-3)41-20-6-7-20)26-15-19(29(2)10-11-37-29)14-23(38-26)17-4-8-22(32)21(31)12-17/h4-5,8-9,12-15,20,37H,6-7,10-11,16H2,1-3H3,(H,36,39)/t28?,29-/m0/s1. The molecule has 5 rings (SSSR count). The monoisotopic (exact) mass is 591 g/mol. The zero-order valence-electron chi connectivity index (χ0n) is 22.8. The zero-order chi connectivity index (χ0) is 29.6. The third-order valence-electron chi connectivity index (χ3n) is 7.86. The molecule has 2 N–H and O–H groups in total. The van der Waals surface area contributed by atoms with Crippen molar-refractivity contribution in [2.75, 3.05) is 20.2 Å². The van der Waals surface area contributed by atoms with Gasteiger partial charge in [-0.05, 0) is 93.7 Å². The first-order valence-electron chi connectivity index (χ1n) is 13.3. The Hall–Kier alpha value is -3.37. The summed E-state index contributed by atoms with van der Waals surface area (Å²) in [5, 5.41) is 5.55. The molecule has 1 unspecified atom stereocenters. The third kappa shape index (κ3) is 5.85. The maximum atomic E-state index is 14.8. The largest absolute Gasteiger partial charge is 0.493 e. The number of hydrogen-bond donors (Lipinski definition) is 2. The quantitative estimate of drug-likeness (QED) is 0.276. The van der Waals surface area contributed by atoms with Crippen molar-refractivity contribution in [1.29, 1.82) is 0 Å². The van der Waals surface area contributed by atoms with Gasteiger partial charge in [0.2, 0.25) is 0 Å². The average molecular weight is 592 g/mol. The van der Waals surface area contributed by atoms with Gasteiger partial charge in [0.25, 0.3) is 5.91 Å². The van der Waals surface area contributed by atoms with Gasteiger partial charge in [-0.15, -0.1) is 0 Å². The van der Waals surface area contributed by atoms with Crippen LogP contribution in [0.5, 0.6) is 11.5 Å². The first-order valence-corrected chi connectivity index (χ1v) is 13.6. The van der Waals surface area contributed by atoms with Crippen molar-refractivity contribution in [3.05, 3.63) is 76.2 Å². The lowest BCUT2D eigenvalue weighted by molar-refractivity contribution is -0.184. The third-order valence-corrected chi connectivity index (χ3v) is 8.14. The Balaban J connectivity index is 1.48. The van der Waals surface area contributed by atoms with E-state index in [2.05, 4.69) is 15.6 Å². The summed E-state index contributed by atoms with van der Waals surface area (Å²) in [5.74, 6) is -0.558. The van der Waals surface area contributed by atoms with Gasteiger partial charge in [-0.2, -0.15) is 13.2 Å². The first-order chi connectivity index (χ1) is 19.3. The van der Waals surface area contributed by atoms with Crippen LogP contribution in [-0.2, 0) is 11.0 Å². The van der Waals surface area contributed by atoms with E-state index in [-0.39, 0.29) is 28.1 Å². The van der Waals surface area contributed by atoms with Crippen molar-refractivity contribution >= 4 is 17.5 Å². The molecular weight excluding hydrogens is 562 g/mol. The van der Waals surface area contributed by atoms with Gasteiger partial charge >= 0.3 is 6.18 Å². The van der Waals surface area contributed by atoms with Gasteiger partial charge in [0.1, 0.15) is 11.2 Å². The van der Waals surface area contributed by atoms with E-state index in [0.29, 0.717) is 35.6 Å². The molecule has 2 atom stereocenters. The van der Waals surface area contributed by atoms with Crippen molar-refractivity contribution in [3.8, 4) is 22.8 Å². The molecule has 1 aliphatic carbocycles. The number of nitrogens with zero attached hydrogens (tertiary/aromatic N) is 1. The molecule has 6 nitrogen and oxygen atoms in total. The number of rotatable bonds is 9. The number of aromatic nitrogens is 1. The van der Waals surface area contributed by atoms with Gasteiger partial charge in [0.15, 0.2) is 11.5 Å². The summed E-state index contributed by atoms with van der Waals surface area (Å²) in [5.41, 5.74) is -2.09. The molecule has 11 heteroatoms. The van der Waals surface area contributed by atoms with E-state index in [0.717, 1.165) is 25.8 Å². The lowest BCUT2D eigenvalue weighted by Crippen LogP contribution is -2.52. The number of amides is 1. The predicted octanol–water partition coefficient (Wildman–Crippen LogP) is 6.55. The van der Waals surface area contributed by atoms with E-state index < -0.39 is 35.4 Å². The van der Waals surface area contributed by atoms with Crippen LogP contribution < -0.4 is 20.1 Å². The van der Waals surface area contributed by atoms with E-state index >= 15 is 0 Å². The van der Waals surface area contributed by atoms with Gasteiger partial charge in [0.05, 0.1) is 29.6 Å². The van der Waals surface area contributed by atoms with Crippen LogP contribution >= 0.6 is 11.6 Å². The van der Waals surface area contributed by atoms with Crippen molar-refractivity contribution in [2.45, 2.75) is 56.3 Å². The Morgan fingerprint density at radius 3 is 2.46 bits per heavy atom. The second-order valence-electron chi connectivity index (χ2n) is 11.0. The smallest absolute Gasteiger partial charge is 0.401 e. The fraction of sp³-hybridized carbons (Fsp3) is 0.400. The zero-order valence-corrected chi connectivity index (χ0v) is 23.5. The summed E-state index contributed by atoms with van der Waals surface area (Å²) in [6, 6.07) is 11.5. The predicted molar refractivity (Wildman–Crippen MR) is 147 cm³/mol. The number of carbonyl (C=O) groups excluding carboxylic acids is 1. The minimum Gasteiger partial charge on any atom is -0.493 e. The van der Waals surface area contributed by atoms with Gasteiger partial charge < -0.3 is 20.1 Å². The van der Waals surface area contributed by atoms with Crippen molar-refractivity contribution < 1.29 is 31.8 Å². The summed E-state index contributed by atoms with van der Waals surface area (Å²) in [6.45, 7) is 2.84. The first kappa shape index (κ1) is 29.1. The topological polar surface area (TPSA) is 72.5 Å². The maximum absolute atomic E-state index is 14.8. The Kier molecular flexibility index (Phi) is 7.67. The second-order valence-corrected chi connectivity index (χ2v) is 11.4. The summed E-state index contributed by atoms with van der Waals surface area (Å²) in [6.07, 6.45) is -2.10. The number of ether oxygens (including phenoxy) is 2. The molecule has 0 spiro atoms. The van der Waals surface area contributed by atoms with Crippen molar-refractivity contribution in [1.82, 2.24) is 15.6 Å². The molecule has 41 heavy (non-hydrogen) atoms. The van der Waals surface area contributed by atoms with Crippen LogP contribution in [0.15, 0.2) is 48.5 Å². The van der Waals surface area contributed by atoms with E-state index in [1.54, 1.807) is 12.1 Å².